The summed E-state index contributed by atoms with van der Waals surface area (Å²) in [5.74, 6) is 1.15. The molecule has 0 rings (SSSR count). The maximum absolute atomic E-state index is 9.87. The van der Waals surface area contributed by atoms with Crippen LogP contribution in [0.3, 0.4) is 0 Å². The Labute approximate surface area is 114 Å². The molecule has 0 bridgehead atoms. The Hall–Kier alpha value is -0.120. The van der Waals surface area contributed by atoms with Gasteiger partial charge in [0.25, 0.3) is 0 Å². The first-order valence-electron chi connectivity index (χ1n) is 7.41. The second-order valence-corrected chi connectivity index (χ2v) is 6.19. The summed E-state index contributed by atoms with van der Waals surface area (Å²) in [5, 5.41) is 12.9. The van der Waals surface area contributed by atoms with E-state index in [0.717, 1.165) is 18.8 Å². The SMILES string of the molecule is CNCC(O)C(C)CCC(C)N(C)CCC(C)C. The number of aliphatic hydroxyl groups excluding tert-OH is 1. The molecule has 0 saturated carbocycles. The monoisotopic (exact) mass is 258 g/mol. The van der Waals surface area contributed by atoms with Crippen molar-refractivity contribution < 1.29 is 5.11 Å². The fourth-order valence-electron chi connectivity index (χ4n) is 2.01. The number of rotatable bonds is 10. The Kier molecular flexibility index (Phi) is 9.70. The number of nitrogens with zero attached hydrogens (tertiary/aromatic N) is 1. The molecule has 0 aliphatic carbocycles. The van der Waals surface area contributed by atoms with Gasteiger partial charge < -0.3 is 15.3 Å². The first-order chi connectivity index (χ1) is 8.38. The number of likely N-dealkylation sites (N-methyl/N-ethyl adjacent to an activating group) is 1. The van der Waals surface area contributed by atoms with Gasteiger partial charge in [-0.2, -0.15) is 0 Å². The predicted molar refractivity (Wildman–Crippen MR) is 79.9 cm³/mol. The third-order valence-electron chi connectivity index (χ3n) is 3.92. The molecular formula is C15H34N2O. The van der Waals surface area contributed by atoms with Gasteiger partial charge in [-0.15, -0.1) is 0 Å². The van der Waals surface area contributed by atoms with E-state index in [1.165, 1.54) is 13.0 Å². The predicted octanol–water partition coefficient (Wildman–Crippen LogP) is 2.35. The van der Waals surface area contributed by atoms with Crippen molar-refractivity contribution in [2.45, 2.75) is 59.1 Å². The molecule has 3 atom stereocenters. The number of aliphatic hydroxyl groups is 1. The molecule has 3 nitrogen and oxygen atoms in total. The topological polar surface area (TPSA) is 35.5 Å². The summed E-state index contributed by atoms with van der Waals surface area (Å²) >= 11 is 0. The molecule has 0 aliphatic rings. The van der Waals surface area contributed by atoms with Crippen molar-refractivity contribution in [2.75, 3.05) is 27.2 Å². The van der Waals surface area contributed by atoms with Crippen molar-refractivity contribution in [1.29, 1.82) is 0 Å². The molecular weight excluding hydrogens is 224 g/mol. The summed E-state index contributed by atoms with van der Waals surface area (Å²) in [6.07, 6.45) is 3.30. The Morgan fingerprint density at radius 3 is 2.17 bits per heavy atom. The zero-order valence-corrected chi connectivity index (χ0v) is 13.2. The van der Waals surface area contributed by atoms with Crippen molar-refractivity contribution in [1.82, 2.24) is 10.2 Å². The minimum absolute atomic E-state index is 0.219. The van der Waals surface area contributed by atoms with Gasteiger partial charge in [-0.25, -0.2) is 0 Å². The van der Waals surface area contributed by atoms with Crippen molar-refractivity contribution in [2.24, 2.45) is 11.8 Å². The Bertz CT molecular complexity index is 197. The summed E-state index contributed by atoms with van der Waals surface area (Å²) < 4.78 is 0. The zero-order valence-electron chi connectivity index (χ0n) is 13.2. The Balaban J connectivity index is 3.83. The molecule has 110 valence electrons. The summed E-state index contributed by atoms with van der Waals surface area (Å²) in [5.41, 5.74) is 0. The van der Waals surface area contributed by atoms with E-state index < -0.39 is 0 Å². The first kappa shape index (κ1) is 17.9. The lowest BCUT2D eigenvalue weighted by molar-refractivity contribution is 0.105. The van der Waals surface area contributed by atoms with Crippen molar-refractivity contribution in [3.05, 3.63) is 0 Å². The van der Waals surface area contributed by atoms with Crippen LogP contribution in [0.15, 0.2) is 0 Å². The molecule has 0 amide bonds. The van der Waals surface area contributed by atoms with Gasteiger partial charge in [0.05, 0.1) is 6.10 Å². The molecule has 18 heavy (non-hydrogen) atoms. The molecule has 0 saturated heterocycles. The average Bonchev–Trinajstić information content (AvgIpc) is 2.32. The molecule has 0 radical (unpaired) electrons. The van der Waals surface area contributed by atoms with E-state index in [0.29, 0.717) is 18.5 Å². The average molecular weight is 258 g/mol. The van der Waals surface area contributed by atoms with Crippen molar-refractivity contribution in [3.63, 3.8) is 0 Å². The summed E-state index contributed by atoms with van der Waals surface area (Å²) in [6.45, 7) is 10.8. The number of hydrogen-bond acceptors (Lipinski definition) is 3. The van der Waals surface area contributed by atoms with Gasteiger partial charge in [0, 0.05) is 12.6 Å². The molecule has 0 fully saturated rings. The van der Waals surface area contributed by atoms with E-state index in [2.05, 4.69) is 45.0 Å². The standard InChI is InChI=1S/C15H34N2O/c1-12(2)9-10-17(6)14(4)8-7-13(3)15(18)11-16-5/h12-16,18H,7-11H2,1-6H3. The normalized spacial score (nSPS) is 17.2. The highest BCUT2D eigenvalue weighted by atomic mass is 16.3. The highest BCUT2D eigenvalue weighted by Crippen LogP contribution is 2.15. The lowest BCUT2D eigenvalue weighted by Gasteiger charge is -2.27. The molecule has 3 unspecified atom stereocenters. The lowest BCUT2D eigenvalue weighted by atomic mass is 9.96. The maximum atomic E-state index is 9.87. The molecule has 0 aromatic heterocycles. The second-order valence-electron chi connectivity index (χ2n) is 6.19. The number of nitrogens with one attached hydrogen (secondary N) is 1. The fraction of sp³-hybridized carbons (Fsp3) is 1.00. The van der Waals surface area contributed by atoms with Crippen molar-refractivity contribution in [3.8, 4) is 0 Å². The number of hydrogen-bond donors (Lipinski definition) is 2. The van der Waals surface area contributed by atoms with Crippen LogP contribution in [0.25, 0.3) is 0 Å². The van der Waals surface area contributed by atoms with Gasteiger partial charge in [-0.1, -0.05) is 20.8 Å². The Morgan fingerprint density at radius 1 is 1.06 bits per heavy atom. The van der Waals surface area contributed by atoms with Crippen LogP contribution >= 0.6 is 0 Å². The van der Waals surface area contributed by atoms with Crippen molar-refractivity contribution >= 4 is 0 Å². The third kappa shape index (κ3) is 8.06. The van der Waals surface area contributed by atoms with E-state index in [1.807, 2.05) is 7.05 Å². The van der Waals surface area contributed by atoms with E-state index in [4.69, 9.17) is 0 Å². The van der Waals surface area contributed by atoms with Crippen LogP contribution in [-0.4, -0.2) is 49.3 Å². The van der Waals surface area contributed by atoms with Crippen LogP contribution in [0.4, 0.5) is 0 Å². The second kappa shape index (κ2) is 9.76. The third-order valence-corrected chi connectivity index (χ3v) is 3.92. The Morgan fingerprint density at radius 2 is 1.67 bits per heavy atom. The largest absolute Gasteiger partial charge is 0.392 e. The zero-order chi connectivity index (χ0) is 14.1. The fourth-order valence-corrected chi connectivity index (χ4v) is 2.01. The van der Waals surface area contributed by atoms with Gasteiger partial charge in [-0.3, -0.25) is 0 Å². The van der Waals surface area contributed by atoms with Crippen LogP contribution in [0.1, 0.15) is 47.0 Å². The summed E-state index contributed by atoms with van der Waals surface area (Å²) in [4.78, 5) is 2.44. The van der Waals surface area contributed by atoms with E-state index in [1.54, 1.807) is 0 Å². The first-order valence-corrected chi connectivity index (χ1v) is 7.41. The van der Waals surface area contributed by atoms with Crippen LogP contribution in [0.2, 0.25) is 0 Å². The van der Waals surface area contributed by atoms with Gasteiger partial charge in [0.15, 0.2) is 0 Å². The van der Waals surface area contributed by atoms with Gasteiger partial charge in [-0.05, 0) is 58.7 Å². The lowest BCUT2D eigenvalue weighted by Crippen LogP contribution is -2.33. The van der Waals surface area contributed by atoms with E-state index >= 15 is 0 Å². The van der Waals surface area contributed by atoms with Crippen LogP contribution in [0, 0.1) is 11.8 Å². The highest BCUT2D eigenvalue weighted by molar-refractivity contribution is 4.71. The van der Waals surface area contributed by atoms with Crippen LogP contribution < -0.4 is 5.32 Å². The minimum Gasteiger partial charge on any atom is -0.392 e. The van der Waals surface area contributed by atoms with Gasteiger partial charge >= 0.3 is 0 Å². The molecule has 0 aromatic carbocycles. The molecule has 0 aromatic rings. The molecule has 0 heterocycles. The van der Waals surface area contributed by atoms with E-state index in [9.17, 15) is 5.11 Å². The van der Waals surface area contributed by atoms with Crippen LogP contribution in [0.5, 0.6) is 0 Å². The summed E-state index contributed by atoms with van der Waals surface area (Å²) in [7, 11) is 4.10. The van der Waals surface area contributed by atoms with Gasteiger partial charge in [0.2, 0.25) is 0 Å². The van der Waals surface area contributed by atoms with Gasteiger partial charge in [0.1, 0.15) is 0 Å². The molecule has 2 N–H and O–H groups in total. The van der Waals surface area contributed by atoms with Crippen LogP contribution in [-0.2, 0) is 0 Å². The molecule has 0 aliphatic heterocycles. The summed E-state index contributed by atoms with van der Waals surface area (Å²) in [6, 6.07) is 0.605. The maximum Gasteiger partial charge on any atom is 0.0689 e. The van der Waals surface area contributed by atoms with E-state index in [-0.39, 0.29) is 6.10 Å². The quantitative estimate of drug-likeness (QED) is 0.631. The molecule has 0 spiro atoms. The minimum atomic E-state index is -0.219. The molecule has 3 heteroatoms. The smallest absolute Gasteiger partial charge is 0.0689 e. The highest BCUT2D eigenvalue weighted by Gasteiger charge is 2.16.